The predicted molar refractivity (Wildman–Crippen MR) is 56.7 cm³/mol. The van der Waals surface area contributed by atoms with E-state index in [1.807, 2.05) is 0 Å². The maximum Gasteiger partial charge on any atom is 0.166 e. The molecule has 0 saturated heterocycles. The fourth-order valence-electron chi connectivity index (χ4n) is 1.22. The highest BCUT2D eigenvalue weighted by Crippen LogP contribution is 2.17. The fourth-order valence-corrected chi connectivity index (χ4v) is 1.22. The molecule has 80 valence electrons. The van der Waals surface area contributed by atoms with Crippen LogP contribution in [0.5, 0.6) is 5.75 Å². The Kier molecular flexibility index (Phi) is 4.03. The van der Waals surface area contributed by atoms with E-state index in [1.165, 1.54) is 19.2 Å². The second kappa shape index (κ2) is 5.29. The van der Waals surface area contributed by atoms with Gasteiger partial charge in [-0.15, -0.1) is 6.58 Å². The van der Waals surface area contributed by atoms with E-state index >= 15 is 0 Å². The second-order valence-electron chi connectivity index (χ2n) is 3.10. The molecule has 1 aromatic rings. The van der Waals surface area contributed by atoms with Crippen molar-refractivity contribution < 1.29 is 13.9 Å². The minimum absolute atomic E-state index is 0.109. The molecular weight excluding hydrogens is 195 g/mol. The Morgan fingerprint density at radius 2 is 2.33 bits per heavy atom. The summed E-state index contributed by atoms with van der Waals surface area (Å²) in [5, 5.41) is 0. The molecule has 0 N–H and O–H groups in total. The number of methoxy groups -OCH3 is 1. The van der Waals surface area contributed by atoms with Crippen LogP contribution >= 0.6 is 0 Å². The second-order valence-corrected chi connectivity index (χ2v) is 3.10. The number of rotatable bonds is 5. The molecule has 3 heteroatoms. The topological polar surface area (TPSA) is 26.3 Å². The maximum absolute atomic E-state index is 13.4. The van der Waals surface area contributed by atoms with Crippen molar-refractivity contribution in [2.75, 3.05) is 7.11 Å². The van der Waals surface area contributed by atoms with Crippen LogP contribution in [0.15, 0.2) is 30.9 Å². The number of hydrogen-bond donors (Lipinski definition) is 0. The largest absolute Gasteiger partial charge is 0.497 e. The zero-order valence-electron chi connectivity index (χ0n) is 8.63. The van der Waals surface area contributed by atoms with Gasteiger partial charge in [-0.25, -0.2) is 4.39 Å². The molecule has 0 aromatic heterocycles. The van der Waals surface area contributed by atoms with Gasteiger partial charge in [0.25, 0.3) is 0 Å². The summed E-state index contributed by atoms with van der Waals surface area (Å²) >= 11 is 0. The third kappa shape index (κ3) is 2.91. The third-order valence-corrected chi connectivity index (χ3v) is 2.05. The molecule has 1 aromatic carbocycles. The number of hydrogen-bond acceptors (Lipinski definition) is 2. The molecule has 15 heavy (non-hydrogen) atoms. The Labute approximate surface area is 88.4 Å². The highest BCUT2D eigenvalue weighted by molar-refractivity contribution is 5.96. The van der Waals surface area contributed by atoms with Crippen molar-refractivity contribution in [3.63, 3.8) is 0 Å². The van der Waals surface area contributed by atoms with Gasteiger partial charge in [0.2, 0.25) is 0 Å². The first-order chi connectivity index (χ1) is 7.19. The van der Waals surface area contributed by atoms with Crippen LogP contribution in [0.3, 0.4) is 0 Å². The molecule has 0 saturated carbocycles. The first kappa shape index (κ1) is 11.4. The standard InChI is InChI=1S/C12H13FO2/c1-3-4-5-12(14)10-7-6-9(15-2)8-11(10)13/h3,6-8H,1,4-5H2,2H3. The van der Waals surface area contributed by atoms with Gasteiger partial charge in [-0.3, -0.25) is 4.79 Å². The lowest BCUT2D eigenvalue weighted by Gasteiger charge is -2.03. The molecule has 0 bridgehead atoms. The smallest absolute Gasteiger partial charge is 0.166 e. The zero-order valence-corrected chi connectivity index (χ0v) is 8.63. The molecule has 0 spiro atoms. The summed E-state index contributed by atoms with van der Waals surface area (Å²) < 4.78 is 18.2. The summed E-state index contributed by atoms with van der Waals surface area (Å²) in [5.41, 5.74) is 0.109. The van der Waals surface area contributed by atoms with Gasteiger partial charge in [0.05, 0.1) is 12.7 Å². The first-order valence-corrected chi connectivity index (χ1v) is 4.66. The average molecular weight is 208 g/mol. The molecule has 0 fully saturated rings. The molecule has 0 aliphatic rings. The number of ketones is 1. The van der Waals surface area contributed by atoms with Crippen LogP contribution in [-0.2, 0) is 0 Å². The van der Waals surface area contributed by atoms with Crippen molar-refractivity contribution in [2.45, 2.75) is 12.8 Å². The molecule has 0 amide bonds. The number of benzene rings is 1. The Balaban J connectivity index is 2.85. The van der Waals surface area contributed by atoms with Crippen LogP contribution in [0.2, 0.25) is 0 Å². The molecule has 0 radical (unpaired) electrons. The van der Waals surface area contributed by atoms with Crippen molar-refractivity contribution in [3.8, 4) is 5.75 Å². The minimum atomic E-state index is -0.539. The van der Waals surface area contributed by atoms with Gasteiger partial charge in [0, 0.05) is 12.5 Å². The molecule has 2 nitrogen and oxygen atoms in total. The van der Waals surface area contributed by atoms with Crippen LogP contribution in [0, 0.1) is 5.82 Å². The van der Waals surface area contributed by atoms with Crippen molar-refractivity contribution >= 4 is 5.78 Å². The van der Waals surface area contributed by atoms with Crippen LogP contribution in [0.25, 0.3) is 0 Å². The summed E-state index contributed by atoms with van der Waals surface area (Å²) in [6.07, 6.45) is 2.48. The van der Waals surface area contributed by atoms with E-state index in [0.717, 1.165) is 0 Å². The highest BCUT2D eigenvalue weighted by Gasteiger charge is 2.11. The molecule has 0 heterocycles. The van der Waals surface area contributed by atoms with Crippen molar-refractivity contribution in [2.24, 2.45) is 0 Å². The van der Waals surface area contributed by atoms with Gasteiger partial charge in [-0.2, -0.15) is 0 Å². The third-order valence-electron chi connectivity index (χ3n) is 2.05. The number of Topliss-reactive ketones (excluding diaryl/α,β-unsaturated/α-hetero) is 1. The summed E-state index contributed by atoms with van der Waals surface area (Å²) in [6, 6.07) is 4.23. The van der Waals surface area contributed by atoms with Gasteiger partial charge >= 0.3 is 0 Å². The van der Waals surface area contributed by atoms with E-state index in [2.05, 4.69) is 6.58 Å². The molecule has 0 aliphatic heterocycles. The van der Waals surface area contributed by atoms with E-state index < -0.39 is 5.82 Å². The minimum Gasteiger partial charge on any atom is -0.497 e. The van der Waals surface area contributed by atoms with Crippen LogP contribution in [0.1, 0.15) is 23.2 Å². The Bertz CT molecular complexity index is 372. The maximum atomic E-state index is 13.4. The summed E-state index contributed by atoms with van der Waals surface area (Å²) in [6.45, 7) is 3.51. The summed E-state index contributed by atoms with van der Waals surface area (Å²) in [7, 11) is 1.45. The van der Waals surface area contributed by atoms with Gasteiger partial charge in [0.15, 0.2) is 5.78 Å². The van der Waals surface area contributed by atoms with E-state index in [0.29, 0.717) is 12.2 Å². The van der Waals surface area contributed by atoms with Crippen LogP contribution in [-0.4, -0.2) is 12.9 Å². The number of halogens is 1. The van der Waals surface area contributed by atoms with Crippen LogP contribution in [0.4, 0.5) is 4.39 Å². The number of carbonyl (C=O) groups excluding carboxylic acids is 1. The fraction of sp³-hybridized carbons (Fsp3) is 0.250. The van der Waals surface area contributed by atoms with E-state index in [9.17, 15) is 9.18 Å². The first-order valence-electron chi connectivity index (χ1n) is 4.66. The molecule has 0 atom stereocenters. The molecule has 0 unspecified atom stereocenters. The normalized spacial score (nSPS) is 9.73. The summed E-state index contributed by atoms with van der Waals surface area (Å²) in [5.74, 6) is -0.341. The average Bonchev–Trinajstić information content (AvgIpc) is 2.25. The lowest BCUT2D eigenvalue weighted by molar-refractivity contribution is 0.0980. The van der Waals surface area contributed by atoms with E-state index in [1.54, 1.807) is 12.1 Å². The van der Waals surface area contributed by atoms with Crippen molar-refractivity contribution in [1.29, 1.82) is 0 Å². The van der Waals surface area contributed by atoms with E-state index in [4.69, 9.17) is 4.74 Å². The Hall–Kier alpha value is -1.64. The van der Waals surface area contributed by atoms with Gasteiger partial charge in [0.1, 0.15) is 11.6 Å². The van der Waals surface area contributed by atoms with Gasteiger partial charge in [-0.05, 0) is 18.6 Å². The van der Waals surface area contributed by atoms with Crippen LogP contribution < -0.4 is 4.74 Å². The molecule has 0 aliphatic carbocycles. The monoisotopic (exact) mass is 208 g/mol. The van der Waals surface area contributed by atoms with Gasteiger partial charge < -0.3 is 4.74 Å². The quantitative estimate of drug-likeness (QED) is 0.549. The SMILES string of the molecule is C=CCCC(=O)c1ccc(OC)cc1F. The Morgan fingerprint density at radius 1 is 1.60 bits per heavy atom. The lowest BCUT2D eigenvalue weighted by atomic mass is 10.1. The zero-order chi connectivity index (χ0) is 11.3. The van der Waals surface area contributed by atoms with Gasteiger partial charge in [-0.1, -0.05) is 6.08 Å². The number of carbonyl (C=O) groups is 1. The summed E-state index contributed by atoms with van der Waals surface area (Å²) in [4.78, 5) is 11.5. The lowest BCUT2D eigenvalue weighted by Crippen LogP contribution is -2.02. The van der Waals surface area contributed by atoms with Crippen molar-refractivity contribution in [1.82, 2.24) is 0 Å². The highest BCUT2D eigenvalue weighted by atomic mass is 19.1. The van der Waals surface area contributed by atoms with E-state index in [-0.39, 0.29) is 17.8 Å². The number of ether oxygens (including phenoxy) is 1. The Morgan fingerprint density at radius 3 is 2.87 bits per heavy atom. The molecule has 1 rings (SSSR count). The number of allylic oxidation sites excluding steroid dienone is 1. The predicted octanol–water partition coefficient (Wildman–Crippen LogP) is 2.98. The molecular formula is C12H13FO2. The van der Waals surface area contributed by atoms with Crippen molar-refractivity contribution in [3.05, 3.63) is 42.2 Å².